The Morgan fingerprint density at radius 2 is 2.07 bits per heavy atom. The zero-order chi connectivity index (χ0) is 19.4. The Hall–Kier alpha value is -3.26. The van der Waals surface area contributed by atoms with Crippen LogP contribution in [0.3, 0.4) is 0 Å². The Kier molecular flexibility index (Phi) is 5.46. The number of non-ortho nitro benzene ring substituents is 1. The van der Waals surface area contributed by atoms with E-state index in [-0.39, 0.29) is 18.2 Å². The lowest BCUT2D eigenvalue weighted by molar-refractivity contribution is -0.384. The topological polar surface area (TPSA) is 94.4 Å². The fraction of sp³-hybridized carbons (Fsp3) is 0.158. The number of benzene rings is 2. The Bertz CT molecular complexity index is 1000. The Labute approximate surface area is 159 Å². The third-order valence-corrected chi connectivity index (χ3v) is 4.55. The minimum atomic E-state index is -0.455. The third kappa shape index (κ3) is 4.68. The average Bonchev–Trinajstić information content (AvgIpc) is 3.09. The SMILES string of the molecule is Cc1ccc(OCC(=O)Nc2nc(-c3cccc([N+](=O)[O-])c3)cs2)c(C)c1. The van der Waals surface area contributed by atoms with Crippen LogP contribution < -0.4 is 10.1 Å². The van der Waals surface area contributed by atoms with E-state index in [1.54, 1.807) is 17.5 Å². The molecule has 1 heterocycles. The highest BCUT2D eigenvalue weighted by atomic mass is 32.1. The van der Waals surface area contributed by atoms with Gasteiger partial charge in [-0.05, 0) is 25.5 Å². The first-order valence-corrected chi connectivity index (χ1v) is 9.00. The second-order valence-electron chi connectivity index (χ2n) is 5.95. The second-order valence-corrected chi connectivity index (χ2v) is 6.81. The lowest BCUT2D eigenvalue weighted by atomic mass is 10.1. The van der Waals surface area contributed by atoms with Crippen molar-refractivity contribution in [2.24, 2.45) is 0 Å². The summed E-state index contributed by atoms with van der Waals surface area (Å²) in [5, 5.41) is 15.7. The van der Waals surface area contributed by atoms with Crippen molar-refractivity contribution in [1.29, 1.82) is 0 Å². The van der Waals surface area contributed by atoms with E-state index in [1.165, 1.54) is 23.5 Å². The number of nitro benzene ring substituents is 1. The molecule has 0 saturated carbocycles. The van der Waals surface area contributed by atoms with Crippen molar-refractivity contribution in [1.82, 2.24) is 4.98 Å². The number of aryl methyl sites for hydroxylation is 2. The van der Waals surface area contributed by atoms with Crippen molar-refractivity contribution >= 4 is 28.1 Å². The standard InChI is InChI=1S/C19H17N3O4S/c1-12-6-7-17(13(2)8-12)26-10-18(23)21-19-20-16(11-27-19)14-4-3-5-15(9-14)22(24)25/h3-9,11H,10H2,1-2H3,(H,20,21,23). The van der Waals surface area contributed by atoms with Crippen LogP contribution in [0.25, 0.3) is 11.3 Å². The molecular formula is C19H17N3O4S. The monoisotopic (exact) mass is 383 g/mol. The summed E-state index contributed by atoms with van der Waals surface area (Å²) in [5.74, 6) is 0.335. The molecule has 7 nitrogen and oxygen atoms in total. The van der Waals surface area contributed by atoms with Crippen LogP contribution in [0.2, 0.25) is 0 Å². The second kappa shape index (κ2) is 7.96. The van der Waals surface area contributed by atoms with Crippen LogP contribution in [0, 0.1) is 24.0 Å². The van der Waals surface area contributed by atoms with E-state index >= 15 is 0 Å². The summed E-state index contributed by atoms with van der Waals surface area (Å²) >= 11 is 1.25. The number of anilines is 1. The van der Waals surface area contributed by atoms with Crippen molar-refractivity contribution in [3.63, 3.8) is 0 Å². The zero-order valence-corrected chi connectivity index (χ0v) is 15.6. The summed E-state index contributed by atoms with van der Waals surface area (Å²) in [7, 11) is 0. The zero-order valence-electron chi connectivity index (χ0n) is 14.8. The first kappa shape index (κ1) is 18.5. The highest BCUT2D eigenvalue weighted by molar-refractivity contribution is 7.14. The van der Waals surface area contributed by atoms with Crippen molar-refractivity contribution in [3.8, 4) is 17.0 Å². The van der Waals surface area contributed by atoms with Crippen molar-refractivity contribution in [2.75, 3.05) is 11.9 Å². The van der Waals surface area contributed by atoms with Gasteiger partial charge in [-0.15, -0.1) is 11.3 Å². The van der Waals surface area contributed by atoms with E-state index in [9.17, 15) is 14.9 Å². The lowest BCUT2D eigenvalue weighted by Crippen LogP contribution is -2.20. The molecule has 1 aromatic heterocycles. The van der Waals surface area contributed by atoms with Gasteiger partial charge in [0, 0.05) is 23.1 Å². The van der Waals surface area contributed by atoms with Gasteiger partial charge in [0.2, 0.25) is 0 Å². The Balaban J connectivity index is 1.62. The smallest absolute Gasteiger partial charge is 0.270 e. The summed E-state index contributed by atoms with van der Waals surface area (Å²) in [6.45, 7) is 3.78. The molecule has 0 atom stereocenters. The number of hydrogen-bond acceptors (Lipinski definition) is 6. The molecule has 1 N–H and O–H groups in total. The molecule has 2 aromatic carbocycles. The molecule has 0 spiro atoms. The summed E-state index contributed by atoms with van der Waals surface area (Å²) in [6, 6.07) is 11.9. The summed E-state index contributed by atoms with van der Waals surface area (Å²) in [6.07, 6.45) is 0. The summed E-state index contributed by atoms with van der Waals surface area (Å²) < 4.78 is 5.55. The van der Waals surface area contributed by atoms with Gasteiger partial charge in [-0.2, -0.15) is 0 Å². The number of nitrogens with one attached hydrogen (secondary N) is 1. The number of nitro groups is 1. The van der Waals surface area contributed by atoms with Gasteiger partial charge in [-0.25, -0.2) is 4.98 Å². The number of aromatic nitrogens is 1. The Morgan fingerprint density at radius 1 is 1.26 bits per heavy atom. The largest absolute Gasteiger partial charge is 0.483 e. The van der Waals surface area contributed by atoms with E-state index in [2.05, 4.69) is 10.3 Å². The maximum atomic E-state index is 12.1. The van der Waals surface area contributed by atoms with Crippen LogP contribution in [0.4, 0.5) is 10.8 Å². The van der Waals surface area contributed by atoms with Gasteiger partial charge in [0.25, 0.3) is 11.6 Å². The molecule has 0 radical (unpaired) electrons. The van der Waals surface area contributed by atoms with Gasteiger partial charge in [0.05, 0.1) is 10.6 Å². The molecule has 8 heteroatoms. The molecule has 138 valence electrons. The van der Waals surface area contributed by atoms with Gasteiger partial charge in [-0.1, -0.05) is 29.8 Å². The maximum absolute atomic E-state index is 12.1. The van der Waals surface area contributed by atoms with Gasteiger partial charge in [0.15, 0.2) is 11.7 Å². The third-order valence-electron chi connectivity index (χ3n) is 3.79. The van der Waals surface area contributed by atoms with Crippen LogP contribution >= 0.6 is 11.3 Å². The number of carbonyl (C=O) groups is 1. The number of carbonyl (C=O) groups excluding carboxylic acids is 1. The summed E-state index contributed by atoms with van der Waals surface area (Å²) in [4.78, 5) is 26.8. The molecule has 0 aliphatic rings. The highest BCUT2D eigenvalue weighted by Gasteiger charge is 2.12. The van der Waals surface area contributed by atoms with E-state index in [1.807, 2.05) is 32.0 Å². The van der Waals surface area contributed by atoms with E-state index in [4.69, 9.17) is 4.74 Å². The van der Waals surface area contributed by atoms with Crippen LogP contribution in [0.5, 0.6) is 5.75 Å². The van der Waals surface area contributed by atoms with Crippen LogP contribution in [0.15, 0.2) is 47.8 Å². The van der Waals surface area contributed by atoms with Crippen molar-refractivity contribution in [2.45, 2.75) is 13.8 Å². The predicted molar refractivity (Wildman–Crippen MR) is 104 cm³/mol. The fourth-order valence-electron chi connectivity index (χ4n) is 2.50. The molecule has 3 rings (SSSR count). The number of rotatable bonds is 6. The molecular weight excluding hydrogens is 366 g/mol. The molecule has 1 amide bonds. The van der Waals surface area contributed by atoms with Crippen LogP contribution in [-0.2, 0) is 4.79 Å². The van der Waals surface area contributed by atoms with E-state index in [0.29, 0.717) is 22.1 Å². The van der Waals surface area contributed by atoms with Gasteiger partial charge >= 0.3 is 0 Å². The quantitative estimate of drug-likeness (QED) is 0.504. The Morgan fingerprint density at radius 3 is 2.81 bits per heavy atom. The van der Waals surface area contributed by atoms with Crippen molar-refractivity contribution < 1.29 is 14.5 Å². The highest BCUT2D eigenvalue weighted by Crippen LogP contribution is 2.27. The number of ether oxygens (including phenoxy) is 1. The number of amides is 1. The molecule has 0 unspecified atom stereocenters. The molecule has 0 fully saturated rings. The van der Waals surface area contributed by atoms with E-state index in [0.717, 1.165) is 11.1 Å². The van der Waals surface area contributed by atoms with Crippen molar-refractivity contribution in [3.05, 3.63) is 69.1 Å². The predicted octanol–water partition coefficient (Wildman–Crippen LogP) is 4.35. The molecule has 0 aliphatic carbocycles. The molecule has 0 saturated heterocycles. The van der Waals surface area contributed by atoms with Crippen LogP contribution in [-0.4, -0.2) is 22.4 Å². The minimum absolute atomic E-state index is 0.00652. The molecule has 3 aromatic rings. The lowest BCUT2D eigenvalue weighted by Gasteiger charge is -2.09. The maximum Gasteiger partial charge on any atom is 0.270 e. The first-order valence-electron chi connectivity index (χ1n) is 8.12. The average molecular weight is 383 g/mol. The summed E-state index contributed by atoms with van der Waals surface area (Å²) in [5.41, 5.74) is 3.26. The number of thiazole rings is 1. The molecule has 0 bridgehead atoms. The molecule has 27 heavy (non-hydrogen) atoms. The van der Waals surface area contributed by atoms with Crippen LogP contribution in [0.1, 0.15) is 11.1 Å². The normalized spacial score (nSPS) is 10.4. The minimum Gasteiger partial charge on any atom is -0.483 e. The van der Waals surface area contributed by atoms with E-state index < -0.39 is 4.92 Å². The number of nitrogens with zero attached hydrogens (tertiary/aromatic N) is 2. The van der Waals surface area contributed by atoms with Gasteiger partial charge < -0.3 is 4.74 Å². The van der Waals surface area contributed by atoms with Gasteiger partial charge in [-0.3, -0.25) is 20.2 Å². The first-order chi connectivity index (χ1) is 12.9. The van der Waals surface area contributed by atoms with Gasteiger partial charge in [0.1, 0.15) is 5.75 Å². The number of hydrogen-bond donors (Lipinski definition) is 1. The fourth-order valence-corrected chi connectivity index (χ4v) is 3.24. The molecule has 0 aliphatic heterocycles.